The Morgan fingerprint density at radius 2 is 2.19 bits per heavy atom. The predicted molar refractivity (Wildman–Crippen MR) is 84.7 cm³/mol. The van der Waals surface area contributed by atoms with Gasteiger partial charge in [-0.2, -0.15) is 11.8 Å². The molecule has 0 bridgehead atoms. The second-order valence-corrected chi connectivity index (χ2v) is 6.83. The van der Waals surface area contributed by atoms with E-state index in [1.165, 1.54) is 11.8 Å². The summed E-state index contributed by atoms with van der Waals surface area (Å²) in [6.45, 7) is 1.60. The molecule has 21 heavy (non-hydrogen) atoms. The summed E-state index contributed by atoms with van der Waals surface area (Å²) in [4.78, 5) is 23.6. The Bertz CT molecular complexity index is 546. The number of benzene rings is 1. The molecule has 1 aliphatic heterocycles. The van der Waals surface area contributed by atoms with Crippen molar-refractivity contribution in [3.8, 4) is 5.75 Å². The number of hydrogen-bond donors (Lipinski definition) is 2. The van der Waals surface area contributed by atoms with Crippen molar-refractivity contribution in [2.45, 2.75) is 25.0 Å². The summed E-state index contributed by atoms with van der Waals surface area (Å²) in [5.41, 5.74) is -1.17. The fraction of sp³-hybridized carbons (Fsp3) is 0.429. The number of para-hydroxylation sites is 1. The molecule has 2 unspecified atom stereocenters. The molecule has 7 heteroatoms. The standard InChI is InChI=1S/C14H16BrNO4S/c1-9(20-11-5-3-2-4-10(11)15)12(17)16-14(13(18)19)6-7-21-8-14/h2-5,9H,6-8H2,1H3,(H,16,17)(H,18,19). The number of amides is 1. The third-order valence-electron chi connectivity index (χ3n) is 3.30. The van der Waals surface area contributed by atoms with Crippen LogP contribution in [-0.4, -0.2) is 40.1 Å². The molecule has 0 saturated carbocycles. The highest BCUT2D eigenvalue weighted by Gasteiger charge is 2.44. The molecule has 0 radical (unpaired) electrons. The van der Waals surface area contributed by atoms with Crippen LogP contribution < -0.4 is 10.1 Å². The summed E-state index contributed by atoms with van der Waals surface area (Å²) in [7, 11) is 0. The summed E-state index contributed by atoms with van der Waals surface area (Å²) >= 11 is 4.87. The van der Waals surface area contributed by atoms with Crippen molar-refractivity contribution >= 4 is 39.6 Å². The van der Waals surface area contributed by atoms with Crippen LogP contribution in [0.15, 0.2) is 28.7 Å². The smallest absolute Gasteiger partial charge is 0.330 e. The molecule has 0 aromatic heterocycles. The molecule has 114 valence electrons. The molecule has 1 aromatic rings. The van der Waals surface area contributed by atoms with Gasteiger partial charge in [-0.05, 0) is 47.2 Å². The van der Waals surface area contributed by atoms with Gasteiger partial charge >= 0.3 is 5.97 Å². The van der Waals surface area contributed by atoms with E-state index in [0.717, 1.165) is 10.2 Å². The molecule has 1 fully saturated rings. The fourth-order valence-corrected chi connectivity index (χ4v) is 3.71. The maximum atomic E-state index is 12.2. The summed E-state index contributed by atoms with van der Waals surface area (Å²) in [5.74, 6) is 0.247. The number of carboxylic acid groups (broad SMARTS) is 1. The zero-order valence-electron chi connectivity index (χ0n) is 11.5. The lowest BCUT2D eigenvalue weighted by Gasteiger charge is -2.26. The molecule has 0 aliphatic carbocycles. The van der Waals surface area contributed by atoms with Gasteiger partial charge in [0.05, 0.1) is 4.47 Å². The largest absolute Gasteiger partial charge is 0.480 e. The van der Waals surface area contributed by atoms with E-state index in [-0.39, 0.29) is 0 Å². The Balaban J connectivity index is 2.03. The first-order valence-corrected chi connectivity index (χ1v) is 8.44. The van der Waals surface area contributed by atoms with Crippen LogP contribution in [-0.2, 0) is 9.59 Å². The lowest BCUT2D eigenvalue weighted by atomic mass is 9.99. The first-order valence-electron chi connectivity index (χ1n) is 6.49. The van der Waals surface area contributed by atoms with Crippen LogP contribution in [0.5, 0.6) is 5.75 Å². The Morgan fingerprint density at radius 1 is 1.48 bits per heavy atom. The number of hydrogen-bond acceptors (Lipinski definition) is 4. The van der Waals surface area contributed by atoms with Crippen molar-refractivity contribution in [3.05, 3.63) is 28.7 Å². The number of halogens is 1. The minimum atomic E-state index is -1.17. The Labute approximate surface area is 135 Å². The van der Waals surface area contributed by atoms with E-state index in [9.17, 15) is 14.7 Å². The zero-order chi connectivity index (χ0) is 15.5. The highest BCUT2D eigenvalue weighted by atomic mass is 79.9. The Hall–Kier alpha value is -1.21. The third kappa shape index (κ3) is 3.71. The van der Waals surface area contributed by atoms with Crippen LogP contribution in [0.2, 0.25) is 0 Å². The van der Waals surface area contributed by atoms with Crippen LogP contribution in [0.1, 0.15) is 13.3 Å². The minimum Gasteiger partial charge on any atom is -0.480 e. The van der Waals surface area contributed by atoms with Gasteiger partial charge < -0.3 is 15.2 Å². The van der Waals surface area contributed by atoms with E-state index in [1.807, 2.05) is 12.1 Å². The van der Waals surface area contributed by atoms with Gasteiger partial charge in [-0.3, -0.25) is 4.79 Å². The van der Waals surface area contributed by atoms with Gasteiger partial charge in [0, 0.05) is 5.75 Å². The summed E-state index contributed by atoms with van der Waals surface area (Å²) in [6, 6.07) is 7.20. The second kappa shape index (κ2) is 6.70. The number of thioether (sulfide) groups is 1. The van der Waals surface area contributed by atoms with Crippen molar-refractivity contribution in [3.63, 3.8) is 0 Å². The first-order chi connectivity index (χ1) is 9.94. The predicted octanol–water partition coefficient (Wildman–Crippen LogP) is 2.29. The quantitative estimate of drug-likeness (QED) is 0.827. The normalized spacial score (nSPS) is 22.6. The van der Waals surface area contributed by atoms with E-state index < -0.39 is 23.5 Å². The molecular weight excluding hydrogens is 358 g/mol. The Kier molecular flexibility index (Phi) is 5.16. The van der Waals surface area contributed by atoms with Crippen LogP contribution in [0.25, 0.3) is 0 Å². The number of ether oxygens (including phenoxy) is 1. The summed E-state index contributed by atoms with van der Waals surface area (Å²) in [5, 5.41) is 12.0. The first kappa shape index (κ1) is 16.2. The van der Waals surface area contributed by atoms with Gasteiger partial charge in [-0.1, -0.05) is 12.1 Å². The highest BCUT2D eigenvalue weighted by molar-refractivity contribution is 9.10. The van der Waals surface area contributed by atoms with Crippen molar-refractivity contribution in [2.75, 3.05) is 11.5 Å². The van der Waals surface area contributed by atoms with Crippen LogP contribution in [0.3, 0.4) is 0 Å². The topological polar surface area (TPSA) is 75.6 Å². The SMILES string of the molecule is CC(Oc1ccccc1Br)C(=O)NC1(C(=O)O)CCSC1. The molecule has 1 amide bonds. The Morgan fingerprint density at radius 3 is 2.76 bits per heavy atom. The summed E-state index contributed by atoms with van der Waals surface area (Å²) < 4.78 is 6.33. The number of carbonyl (C=O) groups excluding carboxylic acids is 1. The van der Waals surface area contributed by atoms with Gasteiger partial charge in [0.25, 0.3) is 5.91 Å². The molecule has 0 spiro atoms. The molecule has 1 heterocycles. The van der Waals surface area contributed by atoms with Gasteiger partial charge in [-0.15, -0.1) is 0 Å². The molecular formula is C14H16BrNO4S. The average Bonchev–Trinajstić information content (AvgIpc) is 2.91. The van der Waals surface area contributed by atoms with E-state index >= 15 is 0 Å². The lowest BCUT2D eigenvalue weighted by Crippen LogP contribution is -2.57. The minimum absolute atomic E-state index is 0.385. The molecule has 2 rings (SSSR count). The lowest BCUT2D eigenvalue weighted by molar-refractivity contribution is -0.147. The van der Waals surface area contributed by atoms with Gasteiger partial charge in [0.15, 0.2) is 6.10 Å². The van der Waals surface area contributed by atoms with Gasteiger partial charge in [0.2, 0.25) is 0 Å². The monoisotopic (exact) mass is 373 g/mol. The van der Waals surface area contributed by atoms with Crippen LogP contribution >= 0.6 is 27.7 Å². The highest BCUT2D eigenvalue weighted by Crippen LogP contribution is 2.29. The van der Waals surface area contributed by atoms with E-state index in [0.29, 0.717) is 17.9 Å². The molecule has 2 atom stereocenters. The number of carboxylic acids is 1. The maximum Gasteiger partial charge on any atom is 0.330 e. The van der Waals surface area contributed by atoms with Crippen molar-refractivity contribution in [1.29, 1.82) is 0 Å². The number of carbonyl (C=O) groups is 2. The molecule has 2 N–H and O–H groups in total. The third-order valence-corrected chi connectivity index (χ3v) is 5.15. The molecule has 1 saturated heterocycles. The maximum absolute atomic E-state index is 12.2. The second-order valence-electron chi connectivity index (χ2n) is 4.87. The van der Waals surface area contributed by atoms with Gasteiger partial charge in [-0.25, -0.2) is 4.79 Å². The molecule has 1 aromatic carbocycles. The van der Waals surface area contributed by atoms with E-state index in [1.54, 1.807) is 19.1 Å². The van der Waals surface area contributed by atoms with Crippen LogP contribution in [0, 0.1) is 0 Å². The summed E-state index contributed by atoms with van der Waals surface area (Å²) in [6.07, 6.45) is -0.342. The van der Waals surface area contributed by atoms with Gasteiger partial charge in [0.1, 0.15) is 11.3 Å². The van der Waals surface area contributed by atoms with Crippen LogP contribution in [0.4, 0.5) is 0 Å². The molecule has 5 nitrogen and oxygen atoms in total. The number of rotatable bonds is 5. The molecule has 1 aliphatic rings. The van der Waals surface area contributed by atoms with E-state index in [4.69, 9.17) is 4.74 Å². The zero-order valence-corrected chi connectivity index (χ0v) is 13.9. The van der Waals surface area contributed by atoms with E-state index in [2.05, 4.69) is 21.2 Å². The number of aliphatic carboxylic acids is 1. The fourth-order valence-electron chi connectivity index (χ4n) is 2.01. The van der Waals surface area contributed by atoms with Crippen molar-refractivity contribution < 1.29 is 19.4 Å². The van der Waals surface area contributed by atoms with Crippen molar-refractivity contribution in [1.82, 2.24) is 5.32 Å². The average molecular weight is 374 g/mol. The van der Waals surface area contributed by atoms with Crippen molar-refractivity contribution in [2.24, 2.45) is 0 Å². The number of nitrogens with one attached hydrogen (secondary N) is 1.